The summed E-state index contributed by atoms with van der Waals surface area (Å²) in [5, 5.41) is 4.88. The number of rotatable bonds is 4. The zero-order chi connectivity index (χ0) is 15.4. The Morgan fingerprint density at radius 2 is 2.00 bits per heavy atom. The van der Waals surface area contributed by atoms with Gasteiger partial charge in [-0.25, -0.2) is 9.97 Å². The van der Waals surface area contributed by atoms with Crippen molar-refractivity contribution in [1.29, 1.82) is 0 Å². The Labute approximate surface area is 140 Å². The summed E-state index contributed by atoms with van der Waals surface area (Å²) in [6.07, 6.45) is 8.76. The minimum absolute atomic E-state index is 0.531. The Morgan fingerprint density at radius 3 is 2.77 bits per heavy atom. The van der Waals surface area contributed by atoms with Gasteiger partial charge in [0.15, 0.2) is 5.16 Å². The Balaban J connectivity index is 2.02. The first kappa shape index (κ1) is 14.8. The first-order chi connectivity index (χ1) is 10.8. The standard InChI is InChI=1S/C16H11BrN4S/c1-2-9-22-16-20-14-10-18-8-7-13(14)15(21-16)19-12-5-3-11(17)4-6-12/h1,3-8,10H,9H2,(H,19,20,21). The van der Waals surface area contributed by atoms with E-state index in [-0.39, 0.29) is 0 Å². The van der Waals surface area contributed by atoms with E-state index in [2.05, 4.69) is 42.1 Å². The highest BCUT2D eigenvalue weighted by atomic mass is 79.9. The fraction of sp³-hybridized carbons (Fsp3) is 0.0625. The van der Waals surface area contributed by atoms with E-state index in [1.165, 1.54) is 11.8 Å². The number of nitrogens with one attached hydrogen (secondary N) is 1. The minimum Gasteiger partial charge on any atom is -0.340 e. The third-order valence-electron chi connectivity index (χ3n) is 2.87. The van der Waals surface area contributed by atoms with Gasteiger partial charge in [-0.1, -0.05) is 33.6 Å². The molecule has 0 amide bonds. The van der Waals surface area contributed by atoms with E-state index in [1.54, 1.807) is 12.4 Å². The molecule has 6 heteroatoms. The van der Waals surface area contributed by atoms with E-state index in [0.29, 0.717) is 10.9 Å². The van der Waals surface area contributed by atoms with Crippen molar-refractivity contribution in [3.05, 3.63) is 47.2 Å². The molecule has 3 aromatic rings. The predicted octanol–water partition coefficient (Wildman–Crippen LogP) is 4.26. The SMILES string of the molecule is C#CCSc1nc(Nc2ccc(Br)cc2)c2ccncc2n1. The number of hydrogen-bond donors (Lipinski definition) is 1. The fourth-order valence-electron chi connectivity index (χ4n) is 1.90. The molecule has 2 heterocycles. The summed E-state index contributed by atoms with van der Waals surface area (Å²) >= 11 is 4.86. The van der Waals surface area contributed by atoms with Crippen LogP contribution < -0.4 is 5.32 Å². The van der Waals surface area contributed by atoms with Crippen molar-refractivity contribution in [1.82, 2.24) is 15.0 Å². The molecule has 0 spiro atoms. The number of fused-ring (bicyclic) bond motifs is 1. The number of hydrogen-bond acceptors (Lipinski definition) is 5. The third-order valence-corrected chi connectivity index (χ3v) is 4.15. The number of aromatic nitrogens is 3. The molecule has 0 unspecified atom stereocenters. The normalized spacial score (nSPS) is 10.4. The lowest BCUT2D eigenvalue weighted by Crippen LogP contribution is -1.99. The number of halogens is 1. The zero-order valence-electron chi connectivity index (χ0n) is 11.5. The Kier molecular flexibility index (Phi) is 4.56. The van der Waals surface area contributed by atoms with Gasteiger partial charge in [0.05, 0.1) is 17.5 Å². The molecule has 0 fully saturated rings. The zero-order valence-corrected chi connectivity index (χ0v) is 13.9. The minimum atomic E-state index is 0.531. The van der Waals surface area contributed by atoms with Crippen LogP contribution in [-0.2, 0) is 0 Å². The molecule has 4 nitrogen and oxygen atoms in total. The second-order valence-corrected chi connectivity index (χ2v) is 6.23. The highest BCUT2D eigenvalue weighted by molar-refractivity contribution is 9.10. The first-order valence-electron chi connectivity index (χ1n) is 6.47. The van der Waals surface area contributed by atoms with Gasteiger partial charge >= 0.3 is 0 Å². The van der Waals surface area contributed by atoms with Crippen LogP contribution in [0.2, 0.25) is 0 Å². The van der Waals surface area contributed by atoms with Gasteiger partial charge in [0.25, 0.3) is 0 Å². The Bertz CT molecular complexity index is 843. The second kappa shape index (κ2) is 6.77. The number of benzene rings is 1. The molecular formula is C16H11BrN4S. The molecule has 1 aromatic carbocycles. The molecule has 0 aliphatic rings. The lowest BCUT2D eigenvalue weighted by atomic mass is 10.2. The average molecular weight is 371 g/mol. The van der Waals surface area contributed by atoms with Crippen LogP contribution in [-0.4, -0.2) is 20.7 Å². The molecule has 0 aliphatic carbocycles. The number of thioether (sulfide) groups is 1. The fourth-order valence-corrected chi connectivity index (χ4v) is 2.69. The summed E-state index contributed by atoms with van der Waals surface area (Å²) in [7, 11) is 0. The molecule has 2 aromatic heterocycles. The van der Waals surface area contributed by atoms with Crippen molar-refractivity contribution in [2.75, 3.05) is 11.1 Å². The van der Waals surface area contributed by atoms with Crippen LogP contribution >= 0.6 is 27.7 Å². The lowest BCUT2D eigenvalue weighted by molar-refractivity contribution is 1.01. The largest absolute Gasteiger partial charge is 0.340 e. The van der Waals surface area contributed by atoms with Crippen LogP contribution in [0, 0.1) is 12.3 Å². The second-order valence-electron chi connectivity index (χ2n) is 4.37. The van der Waals surface area contributed by atoms with Gasteiger partial charge in [0, 0.05) is 21.7 Å². The van der Waals surface area contributed by atoms with Gasteiger partial charge in [-0.15, -0.1) is 6.42 Å². The van der Waals surface area contributed by atoms with E-state index < -0.39 is 0 Å². The molecular weight excluding hydrogens is 360 g/mol. The highest BCUT2D eigenvalue weighted by Gasteiger charge is 2.08. The van der Waals surface area contributed by atoms with Gasteiger partial charge in [-0.2, -0.15) is 0 Å². The first-order valence-corrected chi connectivity index (χ1v) is 8.25. The maximum absolute atomic E-state index is 5.31. The van der Waals surface area contributed by atoms with E-state index >= 15 is 0 Å². The molecule has 3 rings (SSSR count). The van der Waals surface area contributed by atoms with Gasteiger partial charge in [-0.05, 0) is 30.3 Å². The molecule has 1 N–H and O–H groups in total. The molecule has 0 saturated heterocycles. The summed E-state index contributed by atoms with van der Waals surface area (Å²) in [6.45, 7) is 0. The topological polar surface area (TPSA) is 50.7 Å². The molecule has 108 valence electrons. The maximum Gasteiger partial charge on any atom is 0.191 e. The predicted molar refractivity (Wildman–Crippen MR) is 94.3 cm³/mol. The van der Waals surface area contributed by atoms with Crippen molar-refractivity contribution in [3.63, 3.8) is 0 Å². The van der Waals surface area contributed by atoms with Crippen molar-refractivity contribution >= 4 is 50.1 Å². The summed E-state index contributed by atoms with van der Waals surface area (Å²) in [6, 6.07) is 9.80. The number of anilines is 2. The maximum atomic E-state index is 5.31. The van der Waals surface area contributed by atoms with Gasteiger partial charge in [0.1, 0.15) is 5.82 Å². The van der Waals surface area contributed by atoms with Crippen LogP contribution in [0.15, 0.2) is 52.4 Å². The van der Waals surface area contributed by atoms with Crippen molar-refractivity contribution in [2.45, 2.75) is 5.16 Å². The van der Waals surface area contributed by atoms with Crippen LogP contribution in [0.5, 0.6) is 0 Å². The van der Waals surface area contributed by atoms with Gasteiger partial charge < -0.3 is 5.32 Å². The van der Waals surface area contributed by atoms with Crippen LogP contribution in [0.4, 0.5) is 11.5 Å². The summed E-state index contributed by atoms with van der Waals surface area (Å²) < 4.78 is 1.03. The van der Waals surface area contributed by atoms with Gasteiger partial charge in [-0.3, -0.25) is 4.98 Å². The lowest BCUT2D eigenvalue weighted by Gasteiger charge is -2.10. The summed E-state index contributed by atoms with van der Waals surface area (Å²) in [4.78, 5) is 13.2. The molecule has 0 bridgehead atoms. The number of terminal acetylenes is 1. The van der Waals surface area contributed by atoms with Crippen LogP contribution in [0.25, 0.3) is 10.9 Å². The van der Waals surface area contributed by atoms with Crippen LogP contribution in [0.1, 0.15) is 0 Å². The third kappa shape index (κ3) is 3.38. The van der Waals surface area contributed by atoms with Crippen molar-refractivity contribution in [3.8, 4) is 12.3 Å². The average Bonchev–Trinajstić information content (AvgIpc) is 2.55. The quantitative estimate of drug-likeness (QED) is 0.422. The van der Waals surface area contributed by atoms with Crippen LogP contribution in [0.3, 0.4) is 0 Å². The molecule has 22 heavy (non-hydrogen) atoms. The van der Waals surface area contributed by atoms with E-state index in [1.807, 2.05) is 30.3 Å². The number of nitrogens with zero attached hydrogens (tertiary/aromatic N) is 3. The van der Waals surface area contributed by atoms with E-state index in [0.717, 1.165) is 26.9 Å². The van der Waals surface area contributed by atoms with E-state index in [9.17, 15) is 0 Å². The molecule has 0 aliphatic heterocycles. The summed E-state index contributed by atoms with van der Waals surface area (Å²) in [5.41, 5.74) is 1.74. The molecule has 0 saturated carbocycles. The van der Waals surface area contributed by atoms with Gasteiger partial charge in [0.2, 0.25) is 0 Å². The Hall–Kier alpha value is -2.10. The summed E-state index contributed by atoms with van der Waals surface area (Å²) in [5.74, 6) is 3.86. The molecule has 0 radical (unpaired) electrons. The number of pyridine rings is 1. The smallest absolute Gasteiger partial charge is 0.191 e. The van der Waals surface area contributed by atoms with Crippen molar-refractivity contribution < 1.29 is 0 Å². The van der Waals surface area contributed by atoms with E-state index in [4.69, 9.17) is 6.42 Å². The van der Waals surface area contributed by atoms with Crippen molar-refractivity contribution in [2.24, 2.45) is 0 Å². The monoisotopic (exact) mass is 370 g/mol. The Morgan fingerprint density at radius 1 is 1.18 bits per heavy atom. The molecule has 0 atom stereocenters. The highest BCUT2D eigenvalue weighted by Crippen LogP contribution is 2.26.